The summed E-state index contributed by atoms with van der Waals surface area (Å²) in [7, 11) is -18.1. The summed E-state index contributed by atoms with van der Waals surface area (Å²) in [6.07, 6.45) is -0.793. The van der Waals surface area contributed by atoms with E-state index in [-0.39, 0.29) is 0 Å². The first-order valence-corrected chi connectivity index (χ1v) is 16.2. The van der Waals surface area contributed by atoms with E-state index in [1.165, 1.54) is 0 Å². The van der Waals surface area contributed by atoms with Gasteiger partial charge in [-0.25, -0.2) is 0 Å². The van der Waals surface area contributed by atoms with Gasteiger partial charge in [0.15, 0.2) is 0 Å². The van der Waals surface area contributed by atoms with Crippen LogP contribution in [-0.2, 0) is 20.0 Å². The summed E-state index contributed by atoms with van der Waals surface area (Å²) in [6, 6.07) is 24.1. The maximum atomic E-state index is 13.8. The van der Waals surface area contributed by atoms with E-state index in [0.717, 1.165) is 6.92 Å². The van der Waals surface area contributed by atoms with E-state index >= 15 is 0 Å². The number of sulfonamides is 2. The number of nitrogens with zero attached hydrogens (tertiary/aromatic N) is 1. The molecule has 0 aromatic heterocycles. The zero-order valence-corrected chi connectivity index (χ0v) is 23.2. The molecule has 0 fully saturated rings. The quantitative estimate of drug-likeness (QED) is 0.220. The fraction of sp³-hybridized carbons (Fsp3) is 0.250. The topological polar surface area (TPSA) is 83.6 Å². The summed E-state index contributed by atoms with van der Waals surface area (Å²) in [6.45, 7) is 1.80. The Morgan fingerprint density at radius 3 is 1.15 bits per heavy atom. The van der Waals surface area contributed by atoms with Crippen LogP contribution in [0.25, 0.3) is 0 Å². The average molecular weight is 615 g/mol. The number of benzene rings is 3. The minimum absolute atomic E-state index is 0.427. The number of rotatable bonds is 9. The summed E-state index contributed by atoms with van der Waals surface area (Å²) >= 11 is 0. The Morgan fingerprint density at radius 1 is 0.641 bits per heavy atom. The summed E-state index contributed by atoms with van der Waals surface area (Å²) in [5.74, 6) is 0. The van der Waals surface area contributed by atoms with E-state index in [4.69, 9.17) is 0 Å². The molecule has 3 aromatic rings. The van der Waals surface area contributed by atoms with Crippen molar-refractivity contribution >= 4 is 43.4 Å². The van der Waals surface area contributed by atoms with Crippen LogP contribution in [0.5, 0.6) is 0 Å². The van der Waals surface area contributed by atoms with Crippen LogP contribution < -0.4 is 21.0 Å². The van der Waals surface area contributed by atoms with Gasteiger partial charge in [0, 0.05) is 0 Å². The second kappa shape index (κ2) is 10.8. The minimum atomic E-state index is -7.08. The third-order valence-electron chi connectivity index (χ3n) is 6.19. The van der Waals surface area contributed by atoms with Gasteiger partial charge in [-0.2, -0.15) is 0 Å². The normalized spacial score (nSPS) is 15.6. The van der Waals surface area contributed by atoms with Crippen molar-refractivity contribution in [3.63, 3.8) is 0 Å². The summed E-state index contributed by atoms with van der Waals surface area (Å²) < 4.78 is 132. The molecule has 0 spiro atoms. The van der Waals surface area contributed by atoms with Crippen molar-refractivity contribution in [1.82, 2.24) is 8.80 Å². The monoisotopic (exact) mass is 614 g/mol. The zero-order valence-electron chi connectivity index (χ0n) is 20.5. The van der Waals surface area contributed by atoms with Crippen molar-refractivity contribution in [3.05, 3.63) is 91.0 Å². The van der Waals surface area contributed by atoms with Crippen LogP contribution in [0.15, 0.2) is 91.0 Å². The molecule has 0 heterocycles. The Hall–Kier alpha value is -2.51. The van der Waals surface area contributed by atoms with Crippen molar-refractivity contribution < 1.29 is 43.2 Å². The molecule has 0 bridgehead atoms. The van der Waals surface area contributed by atoms with Gasteiger partial charge in [0.2, 0.25) is 0 Å². The van der Waals surface area contributed by atoms with Gasteiger partial charge in [-0.3, -0.25) is 0 Å². The van der Waals surface area contributed by atoms with Crippen LogP contribution in [0.2, 0.25) is 0 Å². The molecule has 0 aliphatic carbocycles. The van der Waals surface area contributed by atoms with Gasteiger partial charge >= 0.3 is 223 Å². The van der Waals surface area contributed by atoms with E-state index < -0.39 is 54.3 Å². The molecule has 0 aliphatic heterocycles. The van der Waals surface area contributed by atoms with Gasteiger partial charge in [0.05, 0.1) is 0 Å². The average Bonchev–Trinajstić information content (AvgIpc) is 2.87. The van der Waals surface area contributed by atoms with Gasteiger partial charge in [-0.05, 0) is 0 Å². The zero-order chi connectivity index (χ0) is 29.3. The number of alkyl halides is 6. The van der Waals surface area contributed by atoms with Crippen molar-refractivity contribution in [2.45, 2.75) is 36.9 Å². The van der Waals surface area contributed by atoms with Crippen LogP contribution >= 0.6 is 7.41 Å². The van der Waals surface area contributed by atoms with Crippen LogP contribution in [-0.4, -0.2) is 37.2 Å². The van der Waals surface area contributed by atoms with Crippen LogP contribution in [0.4, 0.5) is 26.3 Å². The standard InChI is InChI=1S/C24H25F6N2O4PS2/c1-3-22(2,32(38(33,34)23(25,26)27)39(35,36)24(28,29)30)31-37(19-13-7-4-8-14-19,20-15-9-5-10-16-20)21-17-11-6-12-18-21/h4-18,31,37H,3H2,1-2H3. The van der Waals surface area contributed by atoms with Gasteiger partial charge in [0.1, 0.15) is 0 Å². The number of nitrogens with one attached hydrogen (secondary N) is 1. The maximum absolute atomic E-state index is 13.8. The predicted octanol–water partition coefficient (Wildman–Crippen LogP) is 4.34. The van der Waals surface area contributed by atoms with E-state index in [1.54, 1.807) is 91.0 Å². The van der Waals surface area contributed by atoms with Gasteiger partial charge in [0.25, 0.3) is 0 Å². The van der Waals surface area contributed by atoms with Crippen molar-refractivity contribution in [2.24, 2.45) is 0 Å². The fourth-order valence-corrected chi connectivity index (χ4v) is 12.4. The van der Waals surface area contributed by atoms with Gasteiger partial charge < -0.3 is 0 Å². The molecule has 1 atom stereocenters. The first-order chi connectivity index (χ1) is 17.9. The van der Waals surface area contributed by atoms with E-state index in [0.29, 0.717) is 22.8 Å². The Labute approximate surface area is 223 Å². The third-order valence-corrected chi connectivity index (χ3v) is 14.7. The molecule has 0 saturated carbocycles. The third kappa shape index (κ3) is 5.58. The second-order valence-corrected chi connectivity index (χ2v) is 16.0. The van der Waals surface area contributed by atoms with Crippen molar-refractivity contribution in [1.29, 1.82) is 0 Å². The summed E-state index contributed by atoms with van der Waals surface area (Å²) in [5, 5.41) is 4.09. The Morgan fingerprint density at radius 2 is 0.923 bits per heavy atom. The molecule has 0 saturated heterocycles. The first-order valence-electron chi connectivity index (χ1n) is 11.3. The Bertz CT molecular complexity index is 1350. The number of halogens is 6. The molecule has 39 heavy (non-hydrogen) atoms. The van der Waals surface area contributed by atoms with Crippen LogP contribution in [0, 0.1) is 0 Å². The Kier molecular flexibility index (Phi) is 8.60. The van der Waals surface area contributed by atoms with E-state index in [1.807, 2.05) is 0 Å². The van der Waals surface area contributed by atoms with Crippen LogP contribution in [0.1, 0.15) is 20.3 Å². The summed E-state index contributed by atoms with van der Waals surface area (Å²) in [4.78, 5) is 0. The molecule has 3 rings (SSSR count). The van der Waals surface area contributed by atoms with Gasteiger partial charge in [-0.1, -0.05) is 0 Å². The van der Waals surface area contributed by atoms with E-state index in [9.17, 15) is 43.2 Å². The molecule has 6 nitrogen and oxygen atoms in total. The molecule has 0 radical (unpaired) electrons. The molecule has 1 unspecified atom stereocenters. The molecule has 3 aromatic carbocycles. The summed E-state index contributed by atoms with van der Waals surface area (Å²) in [5.41, 5.74) is -15.7. The molecule has 214 valence electrons. The Balaban J connectivity index is 2.49. The van der Waals surface area contributed by atoms with Crippen molar-refractivity contribution in [3.8, 4) is 0 Å². The molecule has 0 amide bonds. The predicted molar refractivity (Wildman–Crippen MR) is 140 cm³/mol. The van der Waals surface area contributed by atoms with Gasteiger partial charge in [-0.15, -0.1) is 0 Å². The fourth-order valence-electron chi connectivity index (χ4n) is 4.30. The molecule has 1 N–H and O–H groups in total. The second-order valence-electron chi connectivity index (χ2n) is 8.70. The first kappa shape index (κ1) is 31.0. The number of hydrogen-bond donors (Lipinski definition) is 1. The molecule has 15 heteroatoms. The van der Waals surface area contributed by atoms with E-state index in [2.05, 4.69) is 5.09 Å². The SMILES string of the molecule is CCC(C)(N[PH](c1ccccc1)(c1ccccc1)c1ccccc1)N(S(=O)(=O)C(F)(F)F)S(=O)(=O)C(F)(F)F. The van der Waals surface area contributed by atoms with Crippen LogP contribution in [0.3, 0.4) is 0 Å². The molecule has 0 aliphatic rings. The van der Waals surface area contributed by atoms with Crippen molar-refractivity contribution in [2.75, 3.05) is 0 Å². The molecular weight excluding hydrogens is 589 g/mol. The molecular formula is C24H25F6N2O4PS2. The number of hydrogen-bond acceptors (Lipinski definition) is 5.